The molecule has 0 aliphatic heterocycles. The summed E-state index contributed by atoms with van der Waals surface area (Å²) < 4.78 is 0. The van der Waals surface area contributed by atoms with Crippen molar-refractivity contribution in [2.45, 2.75) is 20.3 Å². The van der Waals surface area contributed by atoms with Gasteiger partial charge < -0.3 is 15.5 Å². The molecule has 0 fully saturated rings. The third-order valence-corrected chi connectivity index (χ3v) is 3.86. The summed E-state index contributed by atoms with van der Waals surface area (Å²) in [7, 11) is 3.47. The van der Waals surface area contributed by atoms with E-state index in [-0.39, 0.29) is 12.5 Å². The van der Waals surface area contributed by atoms with Gasteiger partial charge in [0, 0.05) is 32.1 Å². The largest absolute Gasteiger partial charge is 0.357 e. The number of nitrogens with one attached hydrogen (secondary N) is 2. The summed E-state index contributed by atoms with van der Waals surface area (Å²) in [6.45, 7) is 6.00. The van der Waals surface area contributed by atoms with Crippen LogP contribution in [0.25, 0.3) is 0 Å². The van der Waals surface area contributed by atoms with Gasteiger partial charge in [0.05, 0.1) is 0 Å². The first-order valence-electron chi connectivity index (χ1n) is 7.27. The normalized spacial score (nSPS) is 12.9. The zero-order valence-corrected chi connectivity index (χ0v) is 14.2. The van der Waals surface area contributed by atoms with Crippen molar-refractivity contribution >= 4 is 23.2 Å². The second-order valence-corrected chi connectivity index (χ2v) is 6.29. The Morgan fingerprint density at radius 3 is 2.76 bits per heavy atom. The van der Waals surface area contributed by atoms with Crippen LogP contribution in [0.4, 0.5) is 0 Å². The van der Waals surface area contributed by atoms with Gasteiger partial charge in [-0.15, -0.1) is 11.3 Å². The number of hydrogen-bond acceptors (Lipinski definition) is 3. The van der Waals surface area contributed by atoms with Crippen LogP contribution in [-0.2, 0) is 11.2 Å². The summed E-state index contributed by atoms with van der Waals surface area (Å²) >= 11 is 1.79. The molecule has 21 heavy (non-hydrogen) atoms. The predicted molar refractivity (Wildman–Crippen MR) is 89.9 cm³/mol. The number of aliphatic imine (C=N–C) groups is 1. The van der Waals surface area contributed by atoms with Crippen LogP contribution in [-0.4, -0.2) is 50.5 Å². The van der Waals surface area contributed by atoms with Gasteiger partial charge in [0.25, 0.3) is 0 Å². The SMILES string of the molecule is CCNC(=NCC(=O)N(C)C)NCC(C)Cc1cccs1. The van der Waals surface area contributed by atoms with Crippen LogP contribution in [0.2, 0.25) is 0 Å². The predicted octanol–water partition coefficient (Wildman–Crippen LogP) is 1.57. The Morgan fingerprint density at radius 2 is 2.19 bits per heavy atom. The Balaban J connectivity index is 2.42. The van der Waals surface area contributed by atoms with Gasteiger partial charge in [-0.3, -0.25) is 4.79 Å². The van der Waals surface area contributed by atoms with E-state index in [1.54, 1.807) is 30.3 Å². The minimum absolute atomic E-state index is 0.00108. The van der Waals surface area contributed by atoms with Crippen molar-refractivity contribution in [3.8, 4) is 0 Å². The summed E-state index contributed by atoms with van der Waals surface area (Å²) in [6, 6.07) is 4.24. The highest BCUT2D eigenvalue weighted by Crippen LogP contribution is 2.13. The Kier molecular flexibility index (Phi) is 7.82. The van der Waals surface area contributed by atoms with Crippen molar-refractivity contribution in [3.63, 3.8) is 0 Å². The number of rotatable bonds is 7. The lowest BCUT2D eigenvalue weighted by molar-refractivity contribution is -0.127. The first-order chi connectivity index (χ1) is 10.0. The molecule has 1 heterocycles. The minimum atomic E-state index is -0.00108. The average Bonchev–Trinajstić information content (AvgIpc) is 2.94. The zero-order chi connectivity index (χ0) is 15.7. The first-order valence-corrected chi connectivity index (χ1v) is 8.15. The van der Waals surface area contributed by atoms with Gasteiger partial charge in [-0.1, -0.05) is 13.0 Å². The molecule has 1 aromatic rings. The lowest BCUT2D eigenvalue weighted by Crippen LogP contribution is -2.40. The number of carbonyl (C=O) groups excluding carboxylic acids is 1. The topological polar surface area (TPSA) is 56.7 Å². The average molecular weight is 310 g/mol. The summed E-state index contributed by atoms with van der Waals surface area (Å²) in [4.78, 5) is 18.8. The first kappa shape index (κ1) is 17.5. The van der Waals surface area contributed by atoms with Gasteiger partial charge in [0.15, 0.2) is 5.96 Å². The molecule has 0 saturated heterocycles. The smallest absolute Gasteiger partial charge is 0.243 e. The molecular weight excluding hydrogens is 284 g/mol. The van der Waals surface area contributed by atoms with Crippen molar-refractivity contribution in [2.75, 3.05) is 33.7 Å². The highest BCUT2D eigenvalue weighted by atomic mass is 32.1. The van der Waals surface area contributed by atoms with E-state index in [2.05, 4.69) is 40.1 Å². The van der Waals surface area contributed by atoms with E-state index in [9.17, 15) is 4.79 Å². The summed E-state index contributed by atoms with van der Waals surface area (Å²) in [5.74, 6) is 1.21. The lowest BCUT2D eigenvalue weighted by Gasteiger charge is -2.16. The summed E-state index contributed by atoms with van der Waals surface area (Å²) in [5.41, 5.74) is 0. The molecule has 6 heteroatoms. The van der Waals surface area contributed by atoms with Crippen molar-refractivity contribution in [1.82, 2.24) is 15.5 Å². The number of hydrogen-bond donors (Lipinski definition) is 2. The zero-order valence-electron chi connectivity index (χ0n) is 13.3. The van der Waals surface area contributed by atoms with Gasteiger partial charge in [0.2, 0.25) is 5.91 Å². The maximum Gasteiger partial charge on any atom is 0.243 e. The van der Waals surface area contributed by atoms with Crippen LogP contribution in [0, 0.1) is 5.92 Å². The Hall–Kier alpha value is -1.56. The number of nitrogens with zero attached hydrogens (tertiary/aromatic N) is 2. The molecule has 0 aliphatic rings. The van der Waals surface area contributed by atoms with Crippen LogP contribution in [0.3, 0.4) is 0 Å². The van der Waals surface area contributed by atoms with Crippen LogP contribution in [0.1, 0.15) is 18.7 Å². The maximum atomic E-state index is 11.6. The number of thiophene rings is 1. The summed E-state index contributed by atoms with van der Waals surface area (Å²) in [6.07, 6.45) is 1.06. The molecule has 1 amide bonds. The third kappa shape index (κ3) is 7.13. The quantitative estimate of drug-likeness (QED) is 0.594. The Bertz CT molecular complexity index is 443. The molecule has 1 unspecified atom stereocenters. The molecule has 1 atom stereocenters. The lowest BCUT2D eigenvalue weighted by atomic mass is 10.1. The fraction of sp³-hybridized carbons (Fsp3) is 0.600. The molecule has 0 saturated carbocycles. The highest BCUT2D eigenvalue weighted by molar-refractivity contribution is 7.09. The maximum absolute atomic E-state index is 11.6. The molecule has 0 aromatic carbocycles. The van der Waals surface area contributed by atoms with Gasteiger partial charge >= 0.3 is 0 Å². The molecular formula is C15H26N4OS. The minimum Gasteiger partial charge on any atom is -0.357 e. The number of amides is 1. The molecule has 5 nitrogen and oxygen atoms in total. The van der Waals surface area contributed by atoms with Crippen LogP contribution < -0.4 is 10.6 Å². The van der Waals surface area contributed by atoms with Crippen molar-refractivity contribution in [2.24, 2.45) is 10.9 Å². The van der Waals surface area contributed by atoms with E-state index in [0.29, 0.717) is 11.9 Å². The summed E-state index contributed by atoms with van der Waals surface area (Å²) in [5, 5.41) is 8.57. The van der Waals surface area contributed by atoms with E-state index in [1.165, 1.54) is 4.88 Å². The Labute approximate surface area is 131 Å². The standard InChI is InChI=1S/C15H26N4OS/c1-5-16-15(18-11-14(20)19(3)4)17-10-12(2)9-13-7-6-8-21-13/h6-8,12H,5,9-11H2,1-4H3,(H2,16,17,18). The van der Waals surface area contributed by atoms with E-state index in [4.69, 9.17) is 0 Å². The van der Waals surface area contributed by atoms with Crippen LogP contribution in [0.15, 0.2) is 22.5 Å². The molecule has 0 bridgehead atoms. The monoisotopic (exact) mass is 310 g/mol. The van der Waals surface area contributed by atoms with Gasteiger partial charge in [-0.05, 0) is 30.7 Å². The Morgan fingerprint density at radius 1 is 1.43 bits per heavy atom. The van der Waals surface area contributed by atoms with Gasteiger partial charge in [-0.25, -0.2) is 4.99 Å². The molecule has 2 N–H and O–H groups in total. The van der Waals surface area contributed by atoms with Gasteiger partial charge in [-0.2, -0.15) is 0 Å². The number of likely N-dealkylation sites (N-methyl/N-ethyl adjacent to an activating group) is 1. The molecule has 1 aromatic heterocycles. The molecule has 118 valence electrons. The number of guanidine groups is 1. The van der Waals surface area contributed by atoms with Crippen molar-refractivity contribution in [1.29, 1.82) is 0 Å². The van der Waals surface area contributed by atoms with Crippen molar-refractivity contribution in [3.05, 3.63) is 22.4 Å². The second kappa shape index (κ2) is 9.39. The molecule has 0 radical (unpaired) electrons. The van der Waals surface area contributed by atoms with Crippen LogP contribution >= 0.6 is 11.3 Å². The fourth-order valence-electron chi connectivity index (χ4n) is 1.75. The molecule has 0 spiro atoms. The van der Waals surface area contributed by atoms with Gasteiger partial charge in [0.1, 0.15) is 6.54 Å². The highest BCUT2D eigenvalue weighted by Gasteiger charge is 2.07. The molecule has 0 aliphatic carbocycles. The van der Waals surface area contributed by atoms with E-state index < -0.39 is 0 Å². The van der Waals surface area contributed by atoms with E-state index >= 15 is 0 Å². The third-order valence-electron chi connectivity index (χ3n) is 2.96. The van der Waals surface area contributed by atoms with Crippen LogP contribution in [0.5, 0.6) is 0 Å². The molecule has 1 rings (SSSR count). The second-order valence-electron chi connectivity index (χ2n) is 5.25. The fourth-order valence-corrected chi connectivity index (χ4v) is 2.61. The van der Waals surface area contributed by atoms with E-state index in [0.717, 1.165) is 19.5 Å². The van der Waals surface area contributed by atoms with Crippen molar-refractivity contribution < 1.29 is 4.79 Å². The van der Waals surface area contributed by atoms with E-state index in [1.807, 2.05) is 6.92 Å². The number of carbonyl (C=O) groups is 1.